The molecule has 8 heterocycles. The maximum atomic E-state index is 10.9. The number of hydrogen-bond donors (Lipinski definition) is 8. The standard InChI is InChI=1S/C11H16N4O.C11H18N2O.C10H17N3O.C10H15NO2.C10H13NO2.C9H14N2O2.C6H7NO.C4H8O.6CH4/c1-3-9(15(2)8-12)7-16-10-4-5-14-11(13)6-10;1-4-10(12-3)8-14-11-5-6-13-9(2)7-11;1-3-8(12-2)7-14-9-4-5-13-10(11)6-9;2*1-3-9(12)7-13-10-4-5-11-8(2)6-10;1-2-7(12)6-13-8-3-4-11-9(10)5-8;1-5-4-6(8)2-3-7-5;1-2-4-3-5-4;;;;;;/h4-6,9H,3,7H2,1-2H3,(H2,13,14);5-7,10,12H,4,8H2,1-3H3;4-6,8,12H,3,7H2,1-2H3,(H2,11,13);4-6,9,12H,3,7H2,1-2H3;4-6H,3,7H2,1-2H3;3-5,7,12H,2,6H2,1H3,(H2,10,11);2-4H,1H3,(H,7,8);4H,2-3H2,1H3;6*1H4. The van der Waals surface area contributed by atoms with Gasteiger partial charge < -0.3 is 81.1 Å². The molecule has 6 atom stereocenters. The number of rotatable bonds is 28. The number of nitrogen functional groups attached to an aromatic ring is 3. The van der Waals surface area contributed by atoms with Gasteiger partial charge in [-0.3, -0.25) is 24.5 Å². The van der Waals surface area contributed by atoms with E-state index in [4.69, 9.17) is 55.6 Å². The van der Waals surface area contributed by atoms with E-state index in [0.29, 0.717) is 105 Å². The molecular weight excluding hydrogens is 1300 g/mol. The van der Waals surface area contributed by atoms with E-state index < -0.39 is 6.10 Å². The van der Waals surface area contributed by atoms with Gasteiger partial charge in [0.15, 0.2) is 17.4 Å². The van der Waals surface area contributed by atoms with Crippen LogP contribution >= 0.6 is 0 Å². The van der Waals surface area contributed by atoms with Crippen molar-refractivity contribution in [1.29, 1.82) is 5.26 Å². The first kappa shape index (κ1) is 104. The lowest BCUT2D eigenvalue weighted by Crippen LogP contribution is -2.32. The van der Waals surface area contributed by atoms with Gasteiger partial charge in [-0.2, -0.15) is 5.26 Å². The number of likely N-dealkylation sites (N-methyl/N-ethyl adjacent to an activating group) is 3. The van der Waals surface area contributed by atoms with Crippen LogP contribution in [0.4, 0.5) is 17.5 Å². The molecule has 0 aromatic carbocycles. The highest BCUT2D eigenvalue weighted by Gasteiger charge is 2.18. The molecule has 0 saturated carbocycles. The second-order valence-corrected chi connectivity index (χ2v) is 21.6. The maximum absolute atomic E-state index is 10.9. The number of Topliss-reactive ketones (excluding diaryl/α,β-unsaturated/α-hetero) is 1. The van der Waals surface area contributed by atoms with Gasteiger partial charge in [-0.25, -0.2) is 15.0 Å². The third kappa shape index (κ3) is 52.8. The number of hydrogen-bond acceptors (Lipinski definition) is 24. The summed E-state index contributed by atoms with van der Waals surface area (Å²) in [5.41, 5.74) is 20.3. The van der Waals surface area contributed by atoms with Gasteiger partial charge in [0, 0.05) is 140 Å². The number of aliphatic hydroxyl groups is 2. The molecule has 7 aromatic heterocycles. The number of aromatic amines is 1. The minimum absolute atomic E-state index is 0. The van der Waals surface area contributed by atoms with Crippen LogP contribution < -0.4 is 61.7 Å². The van der Waals surface area contributed by atoms with E-state index in [9.17, 15) is 19.8 Å². The van der Waals surface area contributed by atoms with Crippen LogP contribution in [0.5, 0.6) is 34.5 Å². The molecule has 25 heteroatoms. The number of pyridine rings is 7. The molecule has 25 nitrogen and oxygen atoms in total. The van der Waals surface area contributed by atoms with Crippen LogP contribution in [0.3, 0.4) is 0 Å². The quantitative estimate of drug-likeness (QED) is 0.0128. The van der Waals surface area contributed by atoms with Crippen LogP contribution in [-0.4, -0.2) is 160 Å². The Morgan fingerprint density at radius 1 is 0.549 bits per heavy atom. The summed E-state index contributed by atoms with van der Waals surface area (Å²) in [4.78, 5) is 49.6. The molecular formula is C77H132N14O11. The Hall–Kier alpha value is -9.19. The molecule has 0 spiro atoms. The second-order valence-electron chi connectivity index (χ2n) is 21.6. The first-order valence-corrected chi connectivity index (χ1v) is 32.4. The fourth-order valence-electron chi connectivity index (χ4n) is 7.11. The summed E-state index contributed by atoms with van der Waals surface area (Å²) in [7, 11) is 5.63. The van der Waals surface area contributed by atoms with Crippen molar-refractivity contribution in [1.82, 2.24) is 50.4 Å². The molecule has 1 aliphatic rings. The topological polar surface area (TPSA) is 365 Å². The summed E-state index contributed by atoms with van der Waals surface area (Å²) in [6.07, 6.45) is 19.6. The number of ether oxygens (including phenoxy) is 7. The number of nitrogens with zero attached hydrogens (tertiary/aromatic N) is 8. The zero-order valence-electron chi connectivity index (χ0n) is 58.9. The van der Waals surface area contributed by atoms with E-state index in [1.165, 1.54) is 12.5 Å². The lowest BCUT2D eigenvalue weighted by molar-refractivity contribution is -0.120. The van der Waals surface area contributed by atoms with Gasteiger partial charge in [-0.1, -0.05) is 93.0 Å². The summed E-state index contributed by atoms with van der Waals surface area (Å²) in [6, 6.07) is 25.2. The average Bonchev–Trinajstić information content (AvgIpc) is 1.26. The molecule has 11 N–H and O–H groups in total. The van der Waals surface area contributed by atoms with E-state index >= 15 is 0 Å². The molecule has 0 aliphatic carbocycles. The van der Waals surface area contributed by atoms with Gasteiger partial charge in [0.1, 0.15) is 91.6 Å². The third-order valence-electron chi connectivity index (χ3n) is 13.6. The number of epoxide rings is 1. The molecule has 0 amide bonds. The Labute approximate surface area is 613 Å². The summed E-state index contributed by atoms with van der Waals surface area (Å²) in [5.74, 6) is 5.89. The SMILES string of the molecule is C.C.C.C.C.C.CCC(=O)COc1ccnc(C)c1.CCC(COc1ccnc(C)c1)NC.CCC(COc1ccnc(N)c1)N(C)C#N.CCC(COc1ccnc(N)c1)NC.CCC(O)COc1ccnc(C)c1.CCC(O)COc1ccnc(N)c1.CCC1CO1.Cc1cc(=O)cc[nH]1. The van der Waals surface area contributed by atoms with Crippen LogP contribution in [0, 0.1) is 39.1 Å². The van der Waals surface area contributed by atoms with Gasteiger partial charge in [-0.05, 0) is 117 Å². The molecule has 0 bridgehead atoms. The average molecular weight is 1430 g/mol. The first-order valence-electron chi connectivity index (χ1n) is 32.4. The lowest BCUT2D eigenvalue weighted by Gasteiger charge is -2.21. The molecule has 1 aliphatic heterocycles. The van der Waals surface area contributed by atoms with Crippen molar-refractivity contribution in [3.63, 3.8) is 0 Å². The molecule has 576 valence electrons. The number of ketones is 1. The number of aryl methyl sites for hydroxylation is 4. The van der Waals surface area contributed by atoms with E-state index in [1.807, 2.05) is 93.8 Å². The van der Waals surface area contributed by atoms with E-state index in [2.05, 4.69) is 72.5 Å². The minimum Gasteiger partial charge on any atom is -0.492 e. The van der Waals surface area contributed by atoms with Gasteiger partial charge in [-0.15, -0.1) is 0 Å². The van der Waals surface area contributed by atoms with Crippen molar-refractivity contribution < 1.29 is 48.2 Å². The number of nitrogens with two attached hydrogens (primary N) is 3. The molecule has 1 saturated heterocycles. The van der Waals surface area contributed by atoms with Crippen LogP contribution in [-0.2, 0) is 9.53 Å². The van der Waals surface area contributed by atoms with Crippen LogP contribution in [0.2, 0.25) is 0 Å². The highest BCUT2D eigenvalue weighted by atomic mass is 16.6. The summed E-state index contributed by atoms with van der Waals surface area (Å²) < 4.78 is 37.5. The van der Waals surface area contributed by atoms with E-state index in [-0.39, 0.29) is 74.5 Å². The molecule has 8 rings (SSSR count). The van der Waals surface area contributed by atoms with Crippen LogP contribution in [0.15, 0.2) is 133 Å². The summed E-state index contributed by atoms with van der Waals surface area (Å²) >= 11 is 0. The van der Waals surface area contributed by atoms with Crippen molar-refractivity contribution >= 4 is 23.2 Å². The lowest BCUT2D eigenvalue weighted by atomic mass is 10.2. The van der Waals surface area contributed by atoms with Crippen molar-refractivity contribution in [2.75, 3.05) is 84.6 Å². The third-order valence-corrected chi connectivity index (χ3v) is 13.6. The van der Waals surface area contributed by atoms with Crippen LogP contribution in [0.25, 0.3) is 0 Å². The fourth-order valence-corrected chi connectivity index (χ4v) is 7.11. The Balaban J connectivity index is -0.000000259. The number of carbonyl (C=O) groups excluding carboxylic acids is 1. The minimum atomic E-state index is -0.422. The number of carbonyl (C=O) groups is 1. The monoisotopic (exact) mass is 1430 g/mol. The number of nitrogens with one attached hydrogen (secondary N) is 3. The van der Waals surface area contributed by atoms with Crippen molar-refractivity contribution in [2.24, 2.45) is 0 Å². The Kier molecular flexibility index (Phi) is 65.1. The van der Waals surface area contributed by atoms with Crippen molar-refractivity contribution in [3.8, 4) is 40.7 Å². The normalized spacial score (nSPS) is 12.0. The molecule has 7 aromatic rings. The second kappa shape index (κ2) is 63.9. The Morgan fingerprint density at radius 2 is 0.892 bits per heavy atom. The smallest absolute Gasteiger partial charge is 0.181 e. The zero-order chi connectivity index (χ0) is 71.5. The predicted molar refractivity (Wildman–Crippen MR) is 420 cm³/mol. The highest BCUT2D eigenvalue weighted by molar-refractivity contribution is 5.79. The Bertz CT molecular complexity index is 3130. The van der Waals surface area contributed by atoms with E-state index in [1.54, 1.807) is 110 Å². The Morgan fingerprint density at radius 3 is 1.15 bits per heavy atom. The molecule has 6 unspecified atom stereocenters. The first-order chi connectivity index (χ1) is 46.1. The zero-order valence-corrected chi connectivity index (χ0v) is 58.9. The van der Waals surface area contributed by atoms with Gasteiger partial charge in [0.25, 0.3) is 0 Å². The number of anilines is 3. The molecule has 0 radical (unpaired) electrons. The molecule has 102 heavy (non-hydrogen) atoms. The van der Waals surface area contributed by atoms with Crippen LogP contribution in [0.1, 0.15) is 161 Å². The van der Waals surface area contributed by atoms with Gasteiger partial charge in [0.2, 0.25) is 0 Å². The summed E-state index contributed by atoms with van der Waals surface area (Å²) in [6.45, 7) is 25.3. The van der Waals surface area contributed by atoms with Gasteiger partial charge in [0.05, 0.1) is 31.0 Å². The van der Waals surface area contributed by atoms with Crippen molar-refractivity contribution in [2.45, 2.75) is 202 Å². The van der Waals surface area contributed by atoms with Crippen molar-refractivity contribution in [3.05, 3.63) is 161 Å². The fraction of sp³-hybridized carbons (Fsp3) is 0.519. The van der Waals surface area contributed by atoms with Gasteiger partial charge >= 0.3 is 0 Å². The number of nitriles is 1. The maximum Gasteiger partial charge on any atom is 0.181 e. The number of aromatic nitrogens is 7. The number of H-pyrrole nitrogens is 1. The summed E-state index contributed by atoms with van der Waals surface area (Å²) in [5, 5.41) is 33.6. The molecule has 1 fully saturated rings. The number of aliphatic hydroxyl groups excluding tert-OH is 2. The predicted octanol–water partition coefficient (Wildman–Crippen LogP) is 13.4. The van der Waals surface area contributed by atoms with E-state index in [0.717, 1.165) is 65.9 Å². The largest absolute Gasteiger partial charge is 0.492 e. The highest BCUT2D eigenvalue weighted by Crippen LogP contribution is 2.17.